The van der Waals surface area contributed by atoms with Gasteiger partial charge < -0.3 is 19.5 Å². The van der Waals surface area contributed by atoms with E-state index in [9.17, 15) is 9.90 Å². The molecule has 0 atom stereocenters. The molecule has 1 aromatic heterocycles. The molecule has 0 spiro atoms. The van der Waals surface area contributed by atoms with Gasteiger partial charge in [0.05, 0.1) is 22.9 Å². The molecule has 0 bridgehead atoms. The number of rotatable bonds is 2. The maximum atomic E-state index is 13.3. The molecule has 0 aliphatic carbocycles. The minimum atomic E-state index is -0.318. The van der Waals surface area contributed by atoms with Crippen LogP contribution < -0.4 is 9.47 Å². The maximum absolute atomic E-state index is 13.3. The van der Waals surface area contributed by atoms with E-state index in [2.05, 4.69) is 0 Å². The van der Waals surface area contributed by atoms with Crippen molar-refractivity contribution in [3.8, 4) is 22.8 Å². The smallest absolute Gasteiger partial charge is 0.254 e. The largest absolute Gasteiger partial charge is 0.486 e. The first kappa shape index (κ1) is 17.9. The molecule has 2 aliphatic rings. The van der Waals surface area contributed by atoms with Gasteiger partial charge in [0, 0.05) is 24.0 Å². The molecule has 0 unspecified atom stereocenters. The molecular weight excluding hydrogens is 368 g/mol. The van der Waals surface area contributed by atoms with Crippen LogP contribution in [-0.2, 0) is 0 Å². The van der Waals surface area contributed by atoms with Gasteiger partial charge in [0.15, 0.2) is 11.5 Å². The standard InChI is InChI=1S/C23H22N2O4/c26-16-7-9-25(10-8-16)23(27)18-14-20(24-19-4-2-1-3-17(18)19)15-5-6-21-22(13-15)29-12-11-28-21/h1-6,13-14,16,26H,7-12H2. The Kier molecular flexibility index (Phi) is 4.56. The number of pyridine rings is 1. The summed E-state index contributed by atoms with van der Waals surface area (Å²) < 4.78 is 11.3. The zero-order chi connectivity index (χ0) is 19.8. The molecule has 1 saturated heterocycles. The zero-order valence-corrected chi connectivity index (χ0v) is 16.0. The number of hydrogen-bond acceptors (Lipinski definition) is 5. The first-order valence-corrected chi connectivity index (χ1v) is 9.96. The molecule has 0 saturated carbocycles. The topological polar surface area (TPSA) is 71.9 Å². The van der Waals surface area contributed by atoms with E-state index < -0.39 is 0 Å². The number of amides is 1. The van der Waals surface area contributed by atoms with Gasteiger partial charge in [-0.05, 0) is 43.2 Å². The van der Waals surface area contributed by atoms with E-state index in [4.69, 9.17) is 14.5 Å². The zero-order valence-electron chi connectivity index (χ0n) is 16.0. The van der Waals surface area contributed by atoms with Gasteiger partial charge in [0.2, 0.25) is 0 Å². The van der Waals surface area contributed by atoms with Crippen molar-refractivity contribution in [3.63, 3.8) is 0 Å². The highest BCUT2D eigenvalue weighted by Crippen LogP contribution is 2.35. The first-order valence-electron chi connectivity index (χ1n) is 9.96. The number of benzene rings is 2. The lowest BCUT2D eigenvalue weighted by Crippen LogP contribution is -2.40. The minimum Gasteiger partial charge on any atom is -0.486 e. The molecular formula is C23H22N2O4. The Bertz CT molecular complexity index is 1070. The number of aliphatic hydroxyl groups excluding tert-OH is 1. The number of carbonyl (C=O) groups is 1. The predicted octanol–water partition coefficient (Wildman–Crippen LogP) is 3.27. The molecule has 29 heavy (non-hydrogen) atoms. The van der Waals surface area contributed by atoms with Crippen LogP contribution in [0.15, 0.2) is 48.5 Å². The summed E-state index contributed by atoms with van der Waals surface area (Å²) in [7, 11) is 0. The SMILES string of the molecule is O=C(c1cc(-c2ccc3c(c2)OCCO3)nc2ccccc12)N1CCC(O)CC1. The highest BCUT2D eigenvalue weighted by atomic mass is 16.6. The second-order valence-electron chi connectivity index (χ2n) is 7.45. The number of nitrogens with zero attached hydrogens (tertiary/aromatic N) is 2. The molecule has 5 rings (SSSR count). The highest BCUT2D eigenvalue weighted by molar-refractivity contribution is 6.07. The normalized spacial score (nSPS) is 16.8. The Morgan fingerprint density at radius 2 is 1.76 bits per heavy atom. The predicted molar refractivity (Wildman–Crippen MR) is 109 cm³/mol. The summed E-state index contributed by atoms with van der Waals surface area (Å²) in [5.74, 6) is 1.40. The van der Waals surface area contributed by atoms with Gasteiger partial charge in [-0.2, -0.15) is 0 Å². The van der Waals surface area contributed by atoms with Crippen LogP contribution in [0.2, 0.25) is 0 Å². The summed E-state index contributed by atoms with van der Waals surface area (Å²) in [6, 6.07) is 15.3. The van der Waals surface area contributed by atoms with Crippen LogP contribution in [0.1, 0.15) is 23.2 Å². The van der Waals surface area contributed by atoms with Gasteiger partial charge in [-0.15, -0.1) is 0 Å². The number of para-hydroxylation sites is 1. The van der Waals surface area contributed by atoms with E-state index in [1.54, 1.807) is 0 Å². The number of hydrogen-bond donors (Lipinski definition) is 1. The molecule has 3 heterocycles. The Morgan fingerprint density at radius 1 is 1.00 bits per heavy atom. The third kappa shape index (κ3) is 3.40. The van der Waals surface area contributed by atoms with Crippen molar-refractivity contribution in [1.82, 2.24) is 9.88 Å². The number of aliphatic hydroxyl groups is 1. The van der Waals surface area contributed by atoms with E-state index in [-0.39, 0.29) is 12.0 Å². The van der Waals surface area contributed by atoms with E-state index in [1.165, 1.54) is 0 Å². The van der Waals surface area contributed by atoms with Crippen LogP contribution >= 0.6 is 0 Å². The summed E-state index contributed by atoms with van der Waals surface area (Å²) in [4.78, 5) is 19.9. The Labute approximate surface area is 168 Å². The monoisotopic (exact) mass is 390 g/mol. The number of fused-ring (bicyclic) bond motifs is 2. The molecule has 1 N–H and O–H groups in total. The van der Waals surface area contributed by atoms with Gasteiger partial charge in [0.25, 0.3) is 5.91 Å². The van der Waals surface area contributed by atoms with Crippen molar-refractivity contribution >= 4 is 16.8 Å². The van der Waals surface area contributed by atoms with E-state index in [0.29, 0.717) is 50.5 Å². The summed E-state index contributed by atoms with van der Waals surface area (Å²) in [5.41, 5.74) is 3.02. The van der Waals surface area contributed by atoms with Crippen molar-refractivity contribution < 1.29 is 19.4 Å². The van der Waals surface area contributed by atoms with Gasteiger partial charge in [-0.1, -0.05) is 18.2 Å². The summed E-state index contributed by atoms with van der Waals surface area (Å²) in [6.07, 6.45) is 0.912. The third-order valence-corrected chi connectivity index (χ3v) is 5.54. The quantitative estimate of drug-likeness (QED) is 0.727. The number of likely N-dealkylation sites (tertiary alicyclic amines) is 1. The van der Waals surface area contributed by atoms with Crippen LogP contribution in [0.5, 0.6) is 11.5 Å². The van der Waals surface area contributed by atoms with Crippen LogP contribution in [-0.4, -0.2) is 53.3 Å². The van der Waals surface area contributed by atoms with Gasteiger partial charge in [-0.3, -0.25) is 4.79 Å². The molecule has 3 aromatic rings. The lowest BCUT2D eigenvalue weighted by molar-refractivity contribution is 0.0548. The molecule has 6 heteroatoms. The molecule has 0 radical (unpaired) electrons. The summed E-state index contributed by atoms with van der Waals surface area (Å²) in [5, 5.41) is 10.6. The molecule has 148 valence electrons. The van der Waals surface area contributed by atoms with Gasteiger partial charge >= 0.3 is 0 Å². The average Bonchev–Trinajstić information content (AvgIpc) is 2.78. The second-order valence-corrected chi connectivity index (χ2v) is 7.45. The van der Waals surface area contributed by atoms with Crippen molar-refractivity contribution in [1.29, 1.82) is 0 Å². The average molecular weight is 390 g/mol. The lowest BCUT2D eigenvalue weighted by atomic mass is 10.0. The van der Waals surface area contributed by atoms with Crippen molar-refractivity contribution in [2.24, 2.45) is 0 Å². The van der Waals surface area contributed by atoms with Crippen LogP contribution in [0.4, 0.5) is 0 Å². The molecule has 2 aromatic carbocycles. The van der Waals surface area contributed by atoms with Crippen LogP contribution in [0.25, 0.3) is 22.2 Å². The highest BCUT2D eigenvalue weighted by Gasteiger charge is 2.24. The second kappa shape index (κ2) is 7.37. The summed E-state index contributed by atoms with van der Waals surface area (Å²) in [6.45, 7) is 2.20. The summed E-state index contributed by atoms with van der Waals surface area (Å²) >= 11 is 0. The van der Waals surface area contributed by atoms with E-state index in [1.807, 2.05) is 53.4 Å². The molecule has 1 amide bonds. The number of ether oxygens (including phenoxy) is 2. The fourth-order valence-electron chi connectivity index (χ4n) is 3.94. The minimum absolute atomic E-state index is 0.0192. The maximum Gasteiger partial charge on any atom is 0.254 e. The Hall–Kier alpha value is -3.12. The van der Waals surface area contributed by atoms with Crippen molar-refractivity contribution in [3.05, 3.63) is 54.1 Å². The first-order chi connectivity index (χ1) is 14.2. The van der Waals surface area contributed by atoms with Crippen molar-refractivity contribution in [2.75, 3.05) is 26.3 Å². The number of aromatic nitrogens is 1. The van der Waals surface area contributed by atoms with Crippen LogP contribution in [0, 0.1) is 0 Å². The third-order valence-electron chi connectivity index (χ3n) is 5.54. The van der Waals surface area contributed by atoms with Crippen LogP contribution in [0.3, 0.4) is 0 Å². The van der Waals surface area contributed by atoms with E-state index >= 15 is 0 Å². The number of piperidine rings is 1. The molecule has 1 fully saturated rings. The van der Waals surface area contributed by atoms with E-state index in [0.717, 1.165) is 27.9 Å². The fourth-order valence-corrected chi connectivity index (χ4v) is 3.94. The van der Waals surface area contributed by atoms with Gasteiger partial charge in [-0.25, -0.2) is 4.98 Å². The Balaban J connectivity index is 1.58. The van der Waals surface area contributed by atoms with Crippen molar-refractivity contribution in [2.45, 2.75) is 18.9 Å². The molecule has 6 nitrogen and oxygen atoms in total. The van der Waals surface area contributed by atoms with Gasteiger partial charge in [0.1, 0.15) is 13.2 Å². The number of carbonyl (C=O) groups excluding carboxylic acids is 1. The molecule has 2 aliphatic heterocycles. The fraction of sp³-hybridized carbons (Fsp3) is 0.304. The Morgan fingerprint density at radius 3 is 2.59 bits per heavy atom. The lowest BCUT2D eigenvalue weighted by Gasteiger charge is -2.30.